The maximum atomic E-state index is 14.5. The van der Waals surface area contributed by atoms with Crippen LogP contribution in [0.4, 0.5) is 30.7 Å². The van der Waals surface area contributed by atoms with Gasteiger partial charge >= 0.3 is 11.4 Å². The minimum Gasteiger partial charge on any atom is -0.357 e. The average molecular weight is 404 g/mol. The number of hydrogen-bond donors (Lipinski definition) is 1. The molecule has 1 aromatic rings. The van der Waals surface area contributed by atoms with E-state index in [4.69, 9.17) is 4.74 Å². The molecule has 3 rings (SSSR count). The molecule has 0 bridgehead atoms. The molecule has 0 radical (unpaired) electrons. The summed E-state index contributed by atoms with van der Waals surface area (Å²) >= 11 is -0.629. The smallest absolute Gasteiger partial charge is 0.357 e. The van der Waals surface area contributed by atoms with E-state index in [2.05, 4.69) is 0 Å². The van der Waals surface area contributed by atoms with Gasteiger partial charge < -0.3 is 9.84 Å². The summed E-state index contributed by atoms with van der Waals surface area (Å²) in [5.74, 6) is -10.9. The fourth-order valence-electron chi connectivity index (χ4n) is 3.41. The number of fused-ring (bicyclic) bond motifs is 1. The number of rotatable bonds is 4. The standard InChI is InChI=1S/C16H15F7O2S/c1-8(10-5-13(17,18)6-10)25-15(24)12-9(7-14(15,19)20)3-2-4-11(12)26-16(21,22)23/h2-4,8,10,24H,5-7H2,1H3. The van der Waals surface area contributed by atoms with Crippen molar-refractivity contribution < 1.29 is 40.6 Å². The highest BCUT2D eigenvalue weighted by Gasteiger charge is 2.64. The molecule has 0 saturated heterocycles. The molecule has 1 fully saturated rings. The van der Waals surface area contributed by atoms with Gasteiger partial charge in [-0.2, -0.15) is 22.0 Å². The summed E-state index contributed by atoms with van der Waals surface area (Å²) in [6, 6.07) is 3.34. The normalized spacial score (nSPS) is 28.5. The van der Waals surface area contributed by atoms with Crippen LogP contribution in [0.25, 0.3) is 0 Å². The Morgan fingerprint density at radius 2 is 1.81 bits per heavy atom. The molecule has 0 amide bonds. The first-order valence-corrected chi connectivity index (χ1v) is 8.60. The molecule has 2 aliphatic rings. The third-order valence-corrected chi connectivity index (χ3v) is 5.52. The molecular formula is C16H15F7O2S. The molecule has 0 heterocycles. The molecule has 2 atom stereocenters. The molecule has 0 spiro atoms. The Hall–Kier alpha value is -1.00. The summed E-state index contributed by atoms with van der Waals surface area (Å²) in [6.45, 7) is 1.26. The second kappa shape index (κ2) is 6.00. The molecule has 146 valence electrons. The van der Waals surface area contributed by atoms with Crippen molar-refractivity contribution in [2.45, 2.75) is 60.3 Å². The van der Waals surface area contributed by atoms with Crippen molar-refractivity contribution >= 4 is 11.8 Å². The summed E-state index contributed by atoms with van der Waals surface area (Å²) in [4.78, 5) is -0.596. The fraction of sp³-hybridized carbons (Fsp3) is 0.625. The van der Waals surface area contributed by atoms with Gasteiger partial charge in [0.25, 0.3) is 5.79 Å². The van der Waals surface area contributed by atoms with E-state index in [0.717, 1.165) is 6.07 Å². The van der Waals surface area contributed by atoms with Gasteiger partial charge in [-0.1, -0.05) is 12.1 Å². The van der Waals surface area contributed by atoms with Crippen LogP contribution in [0.15, 0.2) is 23.1 Å². The molecule has 26 heavy (non-hydrogen) atoms. The highest BCUT2D eigenvalue weighted by atomic mass is 32.2. The number of hydrogen-bond acceptors (Lipinski definition) is 3. The predicted molar refractivity (Wildman–Crippen MR) is 79.1 cm³/mol. The number of halogens is 7. The lowest BCUT2D eigenvalue weighted by molar-refractivity contribution is -0.345. The molecule has 2 nitrogen and oxygen atoms in total. The summed E-state index contributed by atoms with van der Waals surface area (Å²) in [5.41, 5.74) is -5.57. The molecular weight excluding hydrogens is 389 g/mol. The Bertz CT molecular complexity index is 698. The lowest BCUT2D eigenvalue weighted by atomic mass is 9.78. The Morgan fingerprint density at radius 1 is 1.19 bits per heavy atom. The first-order valence-electron chi connectivity index (χ1n) is 7.78. The van der Waals surface area contributed by atoms with Crippen molar-refractivity contribution in [1.29, 1.82) is 0 Å². The van der Waals surface area contributed by atoms with Crippen LogP contribution < -0.4 is 0 Å². The number of benzene rings is 1. The lowest BCUT2D eigenvalue weighted by Crippen LogP contribution is -2.50. The Labute approximate surface area is 148 Å². The molecule has 1 saturated carbocycles. The van der Waals surface area contributed by atoms with Gasteiger partial charge in [-0.25, -0.2) is 8.78 Å². The van der Waals surface area contributed by atoms with Crippen LogP contribution in [0.5, 0.6) is 0 Å². The molecule has 0 aliphatic heterocycles. The van der Waals surface area contributed by atoms with Gasteiger partial charge in [-0.15, -0.1) is 0 Å². The zero-order valence-corrected chi connectivity index (χ0v) is 14.2. The van der Waals surface area contributed by atoms with Crippen LogP contribution in [0.1, 0.15) is 30.9 Å². The van der Waals surface area contributed by atoms with E-state index in [0.29, 0.717) is 0 Å². The van der Waals surface area contributed by atoms with Crippen molar-refractivity contribution in [3.05, 3.63) is 29.3 Å². The van der Waals surface area contributed by atoms with Crippen molar-refractivity contribution in [2.75, 3.05) is 0 Å². The second-order valence-electron chi connectivity index (χ2n) is 6.71. The van der Waals surface area contributed by atoms with Gasteiger partial charge in [-0.05, 0) is 36.2 Å². The van der Waals surface area contributed by atoms with Crippen LogP contribution in [0.2, 0.25) is 0 Å². The van der Waals surface area contributed by atoms with Crippen LogP contribution in [-0.4, -0.2) is 28.6 Å². The van der Waals surface area contributed by atoms with E-state index in [-0.39, 0.29) is 5.56 Å². The first-order chi connectivity index (χ1) is 11.7. The largest absolute Gasteiger partial charge is 0.446 e. The summed E-state index contributed by atoms with van der Waals surface area (Å²) in [7, 11) is 0. The monoisotopic (exact) mass is 404 g/mol. The van der Waals surface area contributed by atoms with Gasteiger partial charge in [0.05, 0.1) is 6.10 Å². The van der Waals surface area contributed by atoms with E-state index in [1.807, 2.05) is 0 Å². The zero-order valence-electron chi connectivity index (χ0n) is 13.4. The van der Waals surface area contributed by atoms with E-state index < -0.39 is 76.6 Å². The second-order valence-corrected chi connectivity index (χ2v) is 7.82. The van der Waals surface area contributed by atoms with E-state index in [9.17, 15) is 35.8 Å². The van der Waals surface area contributed by atoms with Gasteiger partial charge in [0.15, 0.2) is 0 Å². The SMILES string of the molecule is CC(OC1(O)c2c(cccc2SC(F)(F)F)CC1(F)F)C1CC(F)(F)C1. The molecule has 2 aliphatic carbocycles. The maximum absolute atomic E-state index is 14.5. The first kappa shape index (κ1) is 19.8. The minimum atomic E-state index is -4.75. The predicted octanol–water partition coefficient (Wildman–Crippen LogP) is 5.09. The minimum absolute atomic E-state index is 0.169. The van der Waals surface area contributed by atoms with Crippen molar-refractivity contribution in [2.24, 2.45) is 5.92 Å². The van der Waals surface area contributed by atoms with Crippen molar-refractivity contribution in [3.63, 3.8) is 0 Å². The van der Waals surface area contributed by atoms with Crippen molar-refractivity contribution in [3.8, 4) is 0 Å². The summed E-state index contributed by atoms with van der Waals surface area (Å²) < 4.78 is 98.3. The van der Waals surface area contributed by atoms with Crippen LogP contribution in [0.3, 0.4) is 0 Å². The molecule has 0 aromatic heterocycles. The lowest BCUT2D eigenvalue weighted by Gasteiger charge is -2.42. The molecule has 1 N–H and O–H groups in total. The summed E-state index contributed by atoms with van der Waals surface area (Å²) in [6.07, 6.45) is -3.34. The van der Waals surface area contributed by atoms with Gasteiger partial charge in [0.2, 0.25) is 5.92 Å². The van der Waals surface area contributed by atoms with Crippen LogP contribution >= 0.6 is 11.8 Å². The third kappa shape index (κ3) is 3.43. The maximum Gasteiger partial charge on any atom is 0.446 e. The number of ether oxygens (including phenoxy) is 1. The van der Waals surface area contributed by atoms with Gasteiger partial charge in [0, 0.05) is 29.7 Å². The number of thioether (sulfide) groups is 1. The number of alkyl halides is 7. The Balaban J connectivity index is 1.94. The topological polar surface area (TPSA) is 29.5 Å². The van der Waals surface area contributed by atoms with E-state index >= 15 is 0 Å². The third-order valence-electron chi connectivity index (χ3n) is 4.73. The highest BCUT2D eigenvalue weighted by molar-refractivity contribution is 8.00. The van der Waals surface area contributed by atoms with Crippen LogP contribution in [0, 0.1) is 5.92 Å². The van der Waals surface area contributed by atoms with Crippen LogP contribution in [-0.2, 0) is 16.9 Å². The summed E-state index contributed by atoms with van der Waals surface area (Å²) in [5, 5.41) is 10.6. The Morgan fingerprint density at radius 3 is 2.35 bits per heavy atom. The average Bonchev–Trinajstić information content (AvgIpc) is 2.61. The zero-order chi connectivity index (χ0) is 19.5. The Kier molecular flexibility index (Phi) is 4.56. The number of aliphatic hydroxyl groups is 1. The van der Waals surface area contributed by atoms with E-state index in [1.165, 1.54) is 19.1 Å². The molecule has 1 aromatic carbocycles. The fourth-order valence-corrected chi connectivity index (χ4v) is 4.18. The highest BCUT2D eigenvalue weighted by Crippen LogP contribution is 2.55. The molecule has 2 unspecified atom stereocenters. The van der Waals surface area contributed by atoms with Crippen molar-refractivity contribution in [1.82, 2.24) is 0 Å². The van der Waals surface area contributed by atoms with Gasteiger partial charge in [0.1, 0.15) is 0 Å². The van der Waals surface area contributed by atoms with E-state index in [1.54, 1.807) is 0 Å². The van der Waals surface area contributed by atoms with Gasteiger partial charge in [-0.3, -0.25) is 0 Å². The molecule has 10 heteroatoms. The quantitative estimate of drug-likeness (QED) is 0.431.